The number of aliphatic hydroxyl groups is 3. The van der Waals surface area contributed by atoms with Crippen LogP contribution in [-0.2, 0) is 6.18 Å². The van der Waals surface area contributed by atoms with Crippen molar-refractivity contribution < 1.29 is 33.2 Å². The van der Waals surface area contributed by atoms with E-state index in [0.29, 0.717) is 12.8 Å². The molecule has 4 atom stereocenters. The smallest absolute Gasteiger partial charge is 0.416 e. The SMILES string of the molecule is OC(/C=C/[C@@H]1CC(O)CC1O)COc1cccc(C(F)(F)F)c1. The molecule has 128 valence electrons. The summed E-state index contributed by atoms with van der Waals surface area (Å²) >= 11 is 0. The summed E-state index contributed by atoms with van der Waals surface area (Å²) in [5.74, 6) is -0.225. The molecule has 0 radical (unpaired) electrons. The molecule has 4 nitrogen and oxygen atoms in total. The number of rotatable bonds is 5. The maximum Gasteiger partial charge on any atom is 0.416 e. The van der Waals surface area contributed by atoms with Gasteiger partial charge in [-0.25, -0.2) is 0 Å². The van der Waals surface area contributed by atoms with Crippen molar-refractivity contribution in [2.75, 3.05) is 6.61 Å². The van der Waals surface area contributed by atoms with Crippen molar-refractivity contribution in [3.05, 3.63) is 42.0 Å². The van der Waals surface area contributed by atoms with E-state index >= 15 is 0 Å². The van der Waals surface area contributed by atoms with Gasteiger partial charge in [-0.3, -0.25) is 0 Å². The topological polar surface area (TPSA) is 69.9 Å². The molecule has 2 rings (SSSR count). The van der Waals surface area contributed by atoms with Crippen LogP contribution in [0, 0.1) is 5.92 Å². The lowest BCUT2D eigenvalue weighted by molar-refractivity contribution is -0.137. The van der Waals surface area contributed by atoms with Crippen molar-refractivity contribution >= 4 is 0 Å². The first kappa shape index (κ1) is 17.8. The van der Waals surface area contributed by atoms with Crippen LogP contribution in [0.4, 0.5) is 13.2 Å². The second kappa shape index (κ2) is 7.33. The fraction of sp³-hybridized carbons (Fsp3) is 0.500. The van der Waals surface area contributed by atoms with E-state index in [1.807, 2.05) is 0 Å². The summed E-state index contributed by atoms with van der Waals surface area (Å²) in [7, 11) is 0. The molecule has 1 aromatic carbocycles. The molecule has 1 fully saturated rings. The summed E-state index contributed by atoms with van der Waals surface area (Å²) in [5, 5.41) is 28.8. The van der Waals surface area contributed by atoms with Crippen molar-refractivity contribution in [3.63, 3.8) is 0 Å². The molecule has 1 aliphatic rings. The zero-order valence-corrected chi connectivity index (χ0v) is 12.3. The number of halogens is 3. The van der Waals surface area contributed by atoms with Crippen LogP contribution >= 0.6 is 0 Å². The summed E-state index contributed by atoms with van der Waals surface area (Å²) in [6.45, 7) is -0.205. The van der Waals surface area contributed by atoms with E-state index in [2.05, 4.69) is 0 Å². The van der Waals surface area contributed by atoms with E-state index in [-0.39, 0.29) is 18.3 Å². The minimum Gasteiger partial charge on any atom is -0.491 e. The van der Waals surface area contributed by atoms with Gasteiger partial charge >= 0.3 is 6.18 Å². The van der Waals surface area contributed by atoms with E-state index in [1.165, 1.54) is 18.2 Å². The third kappa shape index (κ3) is 5.23. The third-order valence-electron chi connectivity index (χ3n) is 3.71. The van der Waals surface area contributed by atoms with Crippen molar-refractivity contribution in [2.24, 2.45) is 5.92 Å². The molecule has 0 amide bonds. The number of aliphatic hydroxyl groups excluding tert-OH is 3. The molecule has 7 heteroatoms. The Morgan fingerprint density at radius 2 is 2.00 bits per heavy atom. The molecule has 0 aliphatic heterocycles. The highest BCUT2D eigenvalue weighted by molar-refractivity contribution is 5.30. The van der Waals surface area contributed by atoms with Gasteiger partial charge in [0.1, 0.15) is 18.5 Å². The first-order valence-electron chi connectivity index (χ1n) is 7.28. The molecule has 0 saturated heterocycles. The maximum atomic E-state index is 12.6. The first-order valence-corrected chi connectivity index (χ1v) is 7.28. The number of benzene rings is 1. The minimum absolute atomic E-state index is 0.0172. The van der Waals surface area contributed by atoms with Crippen LogP contribution in [0.15, 0.2) is 36.4 Å². The van der Waals surface area contributed by atoms with Crippen LogP contribution in [0.5, 0.6) is 5.75 Å². The zero-order chi connectivity index (χ0) is 17.0. The lowest BCUT2D eigenvalue weighted by Gasteiger charge is -2.13. The average molecular weight is 332 g/mol. The first-order chi connectivity index (χ1) is 10.8. The molecular formula is C16H19F3O4. The van der Waals surface area contributed by atoms with Crippen LogP contribution in [0.25, 0.3) is 0 Å². The van der Waals surface area contributed by atoms with Crippen molar-refractivity contribution in [3.8, 4) is 5.75 Å². The molecule has 1 saturated carbocycles. The molecule has 0 bridgehead atoms. The van der Waals surface area contributed by atoms with Gasteiger partial charge in [0.05, 0.1) is 17.8 Å². The van der Waals surface area contributed by atoms with Crippen molar-refractivity contribution in [1.82, 2.24) is 0 Å². The molecule has 0 aromatic heterocycles. The van der Waals surface area contributed by atoms with Crippen LogP contribution < -0.4 is 4.74 Å². The second-order valence-corrected chi connectivity index (χ2v) is 5.65. The quantitative estimate of drug-likeness (QED) is 0.723. The zero-order valence-electron chi connectivity index (χ0n) is 12.3. The van der Waals surface area contributed by atoms with Gasteiger partial charge in [0, 0.05) is 5.92 Å². The standard InChI is InChI=1S/C16H19F3O4/c17-16(18,19)11-2-1-3-14(7-11)23-9-12(20)5-4-10-6-13(21)8-15(10)22/h1-5,7,10,12-13,15,20-22H,6,8-9H2/b5-4+/t10-,12?,13?,15?/m1/s1. The molecule has 1 aliphatic carbocycles. The largest absolute Gasteiger partial charge is 0.491 e. The monoisotopic (exact) mass is 332 g/mol. The van der Waals surface area contributed by atoms with Gasteiger partial charge in [-0.1, -0.05) is 18.2 Å². The molecule has 3 unspecified atom stereocenters. The Morgan fingerprint density at radius 3 is 2.61 bits per heavy atom. The highest BCUT2D eigenvalue weighted by Crippen LogP contribution is 2.31. The highest BCUT2D eigenvalue weighted by atomic mass is 19.4. The Kier molecular flexibility index (Phi) is 5.67. The minimum atomic E-state index is -4.45. The Balaban J connectivity index is 1.86. The normalized spacial score (nSPS) is 26.6. The summed E-state index contributed by atoms with van der Waals surface area (Å²) in [4.78, 5) is 0. The molecular weight excluding hydrogens is 313 g/mol. The Hall–Kier alpha value is -1.57. The predicted octanol–water partition coefficient (Wildman–Crippen LogP) is 2.13. The van der Waals surface area contributed by atoms with Crippen molar-refractivity contribution in [2.45, 2.75) is 37.3 Å². The lowest BCUT2D eigenvalue weighted by Crippen LogP contribution is -2.17. The van der Waals surface area contributed by atoms with Crippen molar-refractivity contribution in [1.29, 1.82) is 0 Å². The van der Waals surface area contributed by atoms with Gasteiger partial charge in [-0.2, -0.15) is 13.2 Å². The molecule has 0 heterocycles. The Labute approximate surface area is 131 Å². The van der Waals surface area contributed by atoms with Crippen LogP contribution in [-0.4, -0.2) is 40.2 Å². The van der Waals surface area contributed by atoms with Crippen LogP contribution in [0.1, 0.15) is 18.4 Å². The number of hydrogen-bond donors (Lipinski definition) is 3. The van der Waals surface area contributed by atoms with E-state index in [9.17, 15) is 28.5 Å². The van der Waals surface area contributed by atoms with Crippen LogP contribution in [0.3, 0.4) is 0 Å². The average Bonchev–Trinajstić information content (AvgIpc) is 2.80. The third-order valence-corrected chi connectivity index (χ3v) is 3.71. The fourth-order valence-electron chi connectivity index (χ4n) is 2.50. The molecule has 3 N–H and O–H groups in total. The summed E-state index contributed by atoms with van der Waals surface area (Å²) in [5.41, 5.74) is -0.817. The van der Waals surface area contributed by atoms with E-state index < -0.39 is 30.1 Å². The Bertz CT molecular complexity index is 544. The van der Waals surface area contributed by atoms with Gasteiger partial charge in [0.15, 0.2) is 0 Å². The number of hydrogen-bond acceptors (Lipinski definition) is 4. The molecule has 23 heavy (non-hydrogen) atoms. The van der Waals surface area contributed by atoms with Gasteiger partial charge < -0.3 is 20.1 Å². The summed E-state index contributed by atoms with van der Waals surface area (Å²) in [6.07, 6.45) is -2.95. The molecule has 0 spiro atoms. The predicted molar refractivity (Wildman–Crippen MR) is 76.8 cm³/mol. The maximum absolute atomic E-state index is 12.6. The summed E-state index contributed by atoms with van der Waals surface area (Å²) in [6, 6.07) is 4.42. The summed E-state index contributed by atoms with van der Waals surface area (Å²) < 4.78 is 42.9. The number of ether oxygens (including phenoxy) is 1. The van der Waals surface area contributed by atoms with E-state index in [0.717, 1.165) is 12.1 Å². The molecule has 1 aromatic rings. The van der Waals surface area contributed by atoms with E-state index in [4.69, 9.17) is 4.74 Å². The highest BCUT2D eigenvalue weighted by Gasteiger charge is 2.31. The van der Waals surface area contributed by atoms with Crippen LogP contribution in [0.2, 0.25) is 0 Å². The number of alkyl halides is 3. The Morgan fingerprint density at radius 1 is 1.26 bits per heavy atom. The van der Waals surface area contributed by atoms with Gasteiger partial charge in [-0.15, -0.1) is 0 Å². The second-order valence-electron chi connectivity index (χ2n) is 5.65. The van der Waals surface area contributed by atoms with Gasteiger partial charge in [0.2, 0.25) is 0 Å². The van der Waals surface area contributed by atoms with E-state index in [1.54, 1.807) is 6.08 Å². The fourth-order valence-corrected chi connectivity index (χ4v) is 2.50. The van der Waals surface area contributed by atoms with Gasteiger partial charge in [0.25, 0.3) is 0 Å². The van der Waals surface area contributed by atoms with Gasteiger partial charge in [-0.05, 0) is 31.0 Å². The lowest BCUT2D eigenvalue weighted by atomic mass is 10.0.